The van der Waals surface area contributed by atoms with E-state index >= 15 is 0 Å². The lowest BCUT2D eigenvalue weighted by Crippen LogP contribution is -2.31. The number of hydrogen-bond donors (Lipinski definition) is 0. The first kappa shape index (κ1) is 17.5. The molecule has 2 heteroatoms. The first-order chi connectivity index (χ1) is 15.4. The Kier molecular flexibility index (Phi) is 3.61. The largest absolute Gasteiger partial charge is 0.340 e. The monoisotopic (exact) mass is 402 g/mol. The van der Waals surface area contributed by atoms with Crippen molar-refractivity contribution in [3.05, 3.63) is 118 Å². The molecule has 1 saturated heterocycles. The second-order valence-electron chi connectivity index (χ2n) is 8.64. The van der Waals surface area contributed by atoms with Crippen LogP contribution in [0.3, 0.4) is 0 Å². The van der Waals surface area contributed by atoms with E-state index in [0.717, 1.165) is 24.0 Å². The highest BCUT2D eigenvalue weighted by molar-refractivity contribution is 5.80. The topological polar surface area (TPSA) is 18.5 Å². The standard InChI is InChI=1S/C29H22O2/c1-3-9-21-19(7-1)17-25-23(21)11-5-13-27(25)29(30-15-16-31-29)28-14-6-12-24-22-10-4-2-8-20(22)18-26(24)28/h1-14H,15-18H2. The van der Waals surface area contributed by atoms with Gasteiger partial charge in [0.2, 0.25) is 5.79 Å². The average molecular weight is 402 g/mol. The Morgan fingerprint density at radius 1 is 0.484 bits per heavy atom. The Morgan fingerprint density at radius 2 is 0.935 bits per heavy atom. The molecule has 150 valence electrons. The van der Waals surface area contributed by atoms with Crippen molar-refractivity contribution in [3.8, 4) is 22.3 Å². The van der Waals surface area contributed by atoms with Gasteiger partial charge in [0, 0.05) is 11.1 Å². The van der Waals surface area contributed by atoms with Crippen molar-refractivity contribution in [3.63, 3.8) is 0 Å². The molecule has 4 aromatic rings. The van der Waals surface area contributed by atoms with Gasteiger partial charge in [0.15, 0.2) is 0 Å². The Hall–Kier alpha value is -3.20. The van der Waals surface area contributed by atoms with Gasteiger partial charge in [0.05, 0.1) is 13.2 Å². The quantitative estimate of drug-likeness (QED) is 0.350. The molecule has 0 unspecified atom stereocenters. The summed E-state index contributed by atoms with van der Waals surface area (Å²) >= 11 is 0. The molecule has 2 nitrogen and oxygen atoms in total. The normalized spacial score (nSPS) is 17.2. The zero-order valence-corrected chi connectivity index (χ0v) is 17.2. The summed E-state index contributed by atoms with van der Waals surface area (Å²) in [5.74, 6) is -0.846. The summed E-state index contributed by atoms with van der Waals surface area (Å²) in [6.07, 6.45) is 1.84. The number of benzene rings is 4. The van der Waals surface area contributed by atoms with E-state index in [9.17, 15) is 0 Å². The molecule has 7 rings (SSSR count). The second-order valence-corrected chi connectivity index (χ2v) is 8.64. The zero-order chi connectivity index (χ0) is 20.4. The third-order valence-electron chi connectivity index (χ3n) is 7.10. The van der Waals surface area contributed by atoms with Crippen molar-refractivity contribution in [2.45, 2.75) is 18.6 Å². The fourth-order valence-electron chi connectivity index (χ4n) is 5.80. The van der Waals surface area contributed by atoms with E-state index in [1.54, 1.807) is 0 Å². The third kappa shape index (κ3) is 2.35. The van der Waals surface area contributed by atoms with Gasteiger partial charge in [-0.1, -0.05) is 84.9 Å². The fraction of sp³-hybridized carbons (Fsp3) is 0.172. The van der Waals surface area contributed by atoms with Crippen LogP contribution in [0.25, 0.3) is 22.3 Å². The summed E-state index contributed by atoms with van der Waals surface area (Å²) in [4.78, 5) is 0. The summed E-state index contributed by atoms with van der Waals surface area (Å²) in [6, 6.07) is 30.6. The molecule has 0 amide bonds. The maximum absolute atomic E-state index is 6.54. The Balaban J connectivity index is 1.45. The van der Waals surface area contributed by atoms with E-state index in [-0.39, 0.29) is 0 Å². The van der Waals surface area contributed by atoms with Crippen molar-refractivity contribution in [2.75, 3.05) is 13.2 Å². The zero-order valence-electron chi connectivity index (χ0n) is 17.2. The third-order valence-corrected chi connectivity index (χ3v) is 7.10. The molecule has 2 aliphatic carbocycles. The van der Waals surface area contributed by atoms with E-state index in [2.05, 4.69) is 84.9 Å². The van der Waals surface area contributed by atoms with Gasteiger partial charge in [0.25, 0.3) is 0 Å². The van der Waals surface area contributed by atoms with Crippen LogP contribution in [-0.2, 0) is 28.1 Å². The molecule has 1 fully saturated rings. The number of rotatable bonds is 2. The molecule has 0 N–H and O–H groups in total. The molecule has 0 radical (unpaired) electrons. The summed E-state index contributed by atoms with van der Waals surface area (Å²) in [5, 5.41) is 0. The molecule has 1 aliphatic heterocycles. The van der Waals surface area contributed by atoms with Gasteiger partial charge in [-0.3, -0.25) is 0 Å². The van der Waals surface area contributed by atoms with E-state index in [4.69, 9.17) is 9.47 Å². The first-order valence-electron chi connectivity index (χ1n) is 11.0. The molecule has 0 bridgehead atoms. The number of ether oxygens (including phenoxy) is 2. The van der Waals surface area contributed by atoms with Crippen LogP contribution in [0.2, 0.25) is 0 Å². The van der Waals surface area contributed by atoms with Gasteiger partial charge in [-0.25, -0.2) is 0 Å². The van der Waals surface area contributed by atoms with E-state index in [1.807, 2.05) is 0 Å². The molecule has 3 aliphatic rings. The molecular formula is C29H22O2. The maximum atomic E-state index is 6.54. The smallest absolute Gasteiger partial charge is 0.223 e. The molecule has 1 heterocycles. The lowest BCUT2D eigenvalue weighted by Gasteiger charge is -2.32. The maximum Gasteiger partial charge on any atom is 0.223 e. The summed E-state index contributed by atoms with van der Waals surface area (Å²) in [5.41, 5.74) is 13.0. The second kappa shape index (κ2) is 6.40. The minimum Gasteiger partial charge on any atom is -0.340 e. The van der Waals surface area contributed by atoms with Crippen LogP contribution in [0.15, 0.2) is 84.9 Å². The molecule has 0 spiro atoms. The molecule has 4 aromatic carbocycles. The van der Waals surface area contributed by atoms with E-state index < -0.39 is 5.79 Å². The van der Waals surface area contributed by atoms with Gasteiger partial charge < -0.3 is 9.47 Å². The number of fused-ring (bicyclic) bond motifs is 6. The van der Waals surface area contributed by atoms with Crippen molar-refractivity contribution in [2.24, 2.45) is 0 Å². The Bertz CT molecular complexity index is 1250. The minimum absolute atomic E-state index is 0.604. The Morgan fingerprint density at radius 3 is 1.45 bits per heavy atom. The highest BCUT2D eigenvalue weighted by atomic mass is 16.7. The predicted molar refractivity (Wildman–Crippen MR) is 122 cm³/mol. The highest BCUT2D eigenvalue weighted by Gasteiger charge is 2.45. The van der Waals surface area contributed by atoms with Crippen molar-refractivity contribution in [1.82, 2.24) is 0 Å². The van der Waals surface area contributed by atoms with Crippen LogP contribution in [-0.4, -0.2) is 13.2 Å². The molecule has 0 atom stereocenters. The number of hydrogen-bond acceptors (Lipinski definition) is 2. The lowest BCUT2D eigenvalue weighted by molar-refractivity contribution is -0.130. The van der Waals surface area contributed by atoms with Crippen LogP contribution < -0.4 is 0 Å². The molecule has 31 heavy (non-hydrogen) atoms. The van der Waals surface area contributed by atoms with Crippen LogP contribution in [0.1, 0.15) is 33.4 Å². The highest BCUT2D eigenvalue weighted by Crippen LogP contribution is 2.50. The van der Waals surface area contributed by atoms with Crippen LogP contribution in [0.4, 0.5) is 0 Å². The summed E-state index contributed by atoms with van der Waals surface area (Å²) in [6.45, 7) is 1.21. The van der Waals surface area contributed by atoms with E-state index in [1.165, 1.54) is 44.5 Å². The van der Waals surface area contributed by atoms with Crippen molar-refractivity contribution in [1.29, 1.82) is 0 Å². The van der Waals surface area contributed by atoms with Gasteiger partial charge in [-0.05, 0) is 57.3 Å². The molecule has 0 aromatic heterocycles. The van der Waals surface area contributed by atoms with Crippen LogP contribution in [0.5, 0.6) is 0 Å². The van der Waals surface area contributed by atoms with Gasteiger partial charge in [-0.2, -0.15) is 0 Å². The lowest BCUT2D eigenvalue weighted by atomic mass is 9.86. The summed E-state index contributed by atoms with van der Waals surface area (Å²) in [7, 11) is 0. The van der Waals surface area contributed by atoms with Crippen molar-refractivity contribution >= 4 is 0 Å². The molecular weight excluding hydrogens is 380 g/mol. The average Bonchev–Trinajstić information content (AvgIpc) is 3.54. The minimum atomic E-state index is -0.846. The van der Waals surface area contributed by atoms with E-state index in [0.29, 0.717) is 13.2 Å². The Labute approximate surface area is 182 Å². The summed E-state index contributed by atoms with van der Waals surface area (Å²) < 4.78 is 13.1. The van der Waals surface area contributed by atoms with Gasteiger partial charge in [0.1, 0.15) is 0 Å². The van der Waals surface area contributed by atoms with Gasteiger partial charge in [-0.15, -0.1) is 0 Å². The molecule has 0 saturated carbocycles. The SMILES string of the molecule is c1ccc2c(c1)Cc1c-2cccc1C1(c2cccc3c2Cc2ccccc2-3)OCCO1. The van der Waals surface area contributed by atoms with Gasteiger partial charge >= 0.3 is 0 Å². The van der Waals surface area contributed by atoms with Crippen LogP contribution in [0, 0.1) is 0 Å². The predicted octanol–water partition coefficient (Wildman–Crippen LogP) is 6.08. The fourth-order valence-corrected chi connectivity index (χ4v) is 5.80. The van der Waals surface area contributed by atoms with Crippen LogP contribution >= 0.6 is 0 Å². The first-order valence-corrected chi connectivity index (χ1v) is 11.0. The van der Waals surface area contributed by atoms with Crippen molar-refractivity contribution < 1.29 is 9.47 Å².